The van der Waals surface area contributed by atoms with Gasteiger partial charge in [0.05, 0.1) is 5.75 Å². The summed E-state index contributed by atoms with van der Waals surface area (Å²) >= 11 is 1.21. The molecule has 0 fully saturated rings. The Hall–Kier alpha value is -1.04. The third kappa shape index (κ3) is 3.23. The largest absolute Gasteiger partial charge is 0.481 e. The molecule has 0 aliphatic rings. The summed E-state index contributed by atoms with van der Waals surface area (Å²) in [5.41, 5.74) is 0. The zero-order valence-corrected chi connectivity index (χ0v) is 10.6. The van der Waals surface area contributed by atoms with E-state index in [1.165, 1.54) is 11.8 Å². The highest BCUT2D eigenvalue weighted by atomic mass is 32.2. The van der Waals surface area contributed by atoms with E-state index in [2.05, 4.69) is 31.0 Å². The van der Waals surface area contributed by atoms with Crippen LogP contribution >= 0.6 is 11.8 Å². The number of hydrogen-bond acceptors (Lipinski definition) is 4. The van der Waals surface area contributed by atoms with Gasteiger partial charge in [-0.2, -0.15) is 0 Å². The van der Waals surface area contributed by atoms with E-state index in [9.17, 15) is 4.79 Å². The summed E-state index contributed by atoms with van der Waals surface area (Å²) in [6, 6.07) is 0.288. The monoisotopic (exact) mass is 243 g/mol. The Kier molecular flexibility index (Phi) is 4.79. The lowest BCUT2D eigenvalue weighted by Gasteiger charge is -2.20. The Balaban J connectivity index is 2.73. The molecule has 0 bridgehead atoms. The number of nitrogens with zero attached hydrogens (tertiary/aromatic N) is 3. The molecule has 0 saturated carbocycles. The van der Waals surface area contributed by atoms with Crippen LogP contribution in [-0.4, -0.2) is 31.6 Å². The van der Waals surface area contributed by atoms with Gasteiger partial charge in [0.15, 0.2) is 5.16 Å². The molecule has 0 radical (unpaired) electrons. The van der Waals surface area contributed by atoms with Gasteiger partial charge in [0, 0.05) is 6.04 Å². The number of aromatic nitrogens is 3. The molecule has 6 heteroatoms. The second-order valence-electron chi connectivity index (χ2n) is 3.83. The summed E-state index contributed by atoms with van der Waals surface area (Å²) in [4.78, 5) is 10.5. The number of carboxylic acid groups (broad SMARTS) is 1. The fourth-order valence-electron chi connectivity index (χ4n) is 1.36. The molecule has 1 aromatic rings. The molecule has 0 aliphatic carbocycles. The molecular weight excluding hydrogens is 226 g/mol. The molecule has 0 saturated heterocycles. The fourth-order valence-corrected chi connectivity index (χ4v) is 2.08. The summed E-state index contributed by atoms with van der Waals surface area (Å²) in [6.07, 6.45) is 2.74. The Labute approximate surface area is 99.3 Å². The predicted molar refractivity (Wildman–Crippen MR) is 62.5 cm³/mol. The Bertz CT molecular complexity index is 354. The van der Waals surface area contributed by atoms with Crippen LogP contribution in [0.25, 0.3) is 0 Å². The summed E-state index contributed by atoms with van der Waals surface area (Å²) in [5, 5.41) is 17.1. The number of aliphatic carboxylic acids is 1. The summed E-state index contributed by atoms with van der Waals surface area (Å²) < 4.78 is 1.95. The van der Waals surface area contributed by atoms with Gasteiger partial charge in [-0.05, 0) is 12.8 Å². The van der Waals surface area contributed by atoms with Gasteiger partial charge in [-0.25, -0.2) is 0 Å². The number of carboxylic acids is 1. The summed E-state index contributed by atoms with van der Waals surface area (Å²) in [7, 11) is 0. The molecule has 1 rings (SSSR count). The maximum Gasteiger partial charge on any atom is 0.313 e. The van der Waals surface area contributed by atoms with Gasteiger partial charge in [0.2, 0.25) is 0 Å². The molecule has 2 unspecified atom stereocenters. The van der Waals surface area contributed by atoms with Crippen LogP contribution in [0.15, 0.2) is 11.5 Å². The molecular formula is C10H17N3O2S. The highest BCUT2D eigenvalue weighted by Gasteiger charge is 2.17. The second kappa shape index (κ2) is 5.89. The van der Waals surface area contributed by atoms with Crippen molar-refractivity contribution in [1.29, 1.82) is 0 Å². The standard InChI is InChI=1S/C10H17N3O2S/c1-4-7(2)8(3)13-6-11-12-10(13)16-5-9(14)15/h6-8H,4-5H2,1-3H3,(H,14,15). The van der Waals surface area contributed by atoms with E-state index < -0.39 is 5.97 Å². The Morgan fingerprint density at radius 2 is 2.31 bits per heavy atom. The van der Waals surface area contributed by atoms with Crippen molar-refractivity contribution in [2.24, 2.45) is 5.92 Å². The molecule has 0 spiro atoms. The topological polar surface area (TPSA) is 68.0 Å². The van der Waals surface area contributed by atoms with E-state index in [4.69, 9.17) is 5.11 Å². The quantitative estimate of drug-likeness (QED) is 0.774. The minimum absolute atomic E-state index is 0.0198. The van der Waals surface area contributed by atoms with Crippen molar-refractivity contribution in [1.82, 2.24) is 14.8 Å². The first-order valence-electron chi connectivity index (χ1n) is 5.30. The molecule has 0 aromatic carbocycles. The molecule has 1 N–H and O–H groups in total. The first-order valence-corrected chi connectivity index (χ1v) is 6.28. The van der Waals surface area contributed by atoms with E-state index in [1.807, 2.05) is 4.57 Å². The second-order valence-corrected chi connectivity index (χ2v) is 4.77. The van der Waals surface area contributed by atoms with Crippen LogP contribution in [0.2, 0.25) is 0 Å². The van der Waals surface area contributed by atoms with Crippen LogP contribution in [0.1, 0.15) is 33.2 Å². The van der Waals surface area contributed by atoms with Crippen molar-refractivity contribution in [3.05, 3.63) is 6.33 Å². The van der Waals surface area contributed by atoms with E-state index >= 15 is 0 Å². The number of carbonyl (C=O) groups is 1. The van der Waals surface area contributed by atoms with Crippen molar-refractivity contribution in [2.45, 2.75) is 38.4 Å². The highest BCUT2D eigenvalue weighted by molar-refractivity contribution is 7.99. The molecule has 1 aromatic heterocycles. The van der Waals surface area contributed by atoms with Crippen molar-refractivity contribution < 1.29 is 9.90 Å². The molecule has 2 atom stereocenters. The van der Waals surface area contributed by atoms with Crippen LogP contribution in [-0.2, 0) is 4.79 Å². The van der Waals surface area contributed by atoms with Crippen molar-refractivity contribution in [2.75, 3.05) is 5.75 Å². The van der Waals surface area contributed by atoms with E-state index in [1.54, 1.807) is 6.33 Å². The van der Waals surface area contributed by atoms with Gasteiger partial charge in [-0.3, -0.25) is 4.79 Å². The average Bonchev–Trinajstić information content (AvgIpc) is 2.72. The van der Waals surface area contributed by atoms with Gasteiger partial charge in [-0.1, -0.05) is 32.0 Å². The van der Waals surface area contributed by atoms with E-state index in [0.29, 0.717) is 11.1 Å². The predicted octanol–water partition coefficient (Wildman–Crippen LogP) is 2.06. The fraction of sp³-hybridized carbons (Fsp3) is 0.700. The van der Waals surface area contributed by atoms with Crippen molar-refractivity contribution >= 4 is 17.7 Å². The smallest absolute Gasteiger partial charge is 0.313 e. The first-order chi connectivity index (χ1) is 7.56. The lowest BCUT2D eigenvalue weighted by molar-refractivity contribution is -0.133. The summed E-state index contributed by atoms with van der Waals surface area (Å²) in [6.45, 7) is 6.40. The average molecular weight is 243 g/mol. The molecule has 0 aliphatic heterocycles. The minimum atomic E-state index is -0.837. The van der Waals surface area contributed by atoms with E-state index in [-0.39, 0.29) is 11.8 Å². The number of hydrogen-bond donors (Lipinski definition) is 1. The van der Waals surface area contributed by atoms with Crippen LogP contribution in [0.4, 0.5) is 0 Å². The van der Waals surface area contributed by atoms with Crippen LogP contribution in [0.3, 0.4) is 0 Å². The lowest BCUT2D eigenvalue weighted by Crippen LogP contribution is -2.14. The van der Waals surface area contributed by atoms with Crippen LogP contribution in [0.5, 0.6) is 0 Å². The number of rotatable bonds is 6. The molecule has 1 heterocycles. The Morgan fingerprint density at radius 1 is 1.62 bits per heavy atom. The Morgan fingerprint density at radius 3 is 2.88 bits per heavy atom. The van der Waals surface area contributed by atoms with Crippen molar-refractivity contribution in [3.8, 4) is 0 Å². The molecule has 90 valence electrons. The van der Waals surface area contributed by atoms with Crippen molar-refractivity contribution in [3.63, 3.8) is 0 Å². The maximum atomic E-state index is 10.5. The molecule has 5 nitrogen and oxygen atoms in total. The van der Waals surface area contributed by atoms with Gasteiger partial charge in [-0.15, -0.1) is 10.2 Å². The maximum absolute atomic E-state index is 10.5. The zero-order valence-electron chi connectivity index (χ0n) is 9.75. The van der Waals surface area contributed by atoms with Gasteiger partial charge < -0.3 is 9.67 Å². The normalized spacial score (nSPS) is 14.7. The first kappa shape index (κ1) is 13.0. The SMILES string of the molecule is CCC(C)C(C)n1cnnc1SCC(=O)O. The lowest BCUT2D eigenvalue weighted by atomic mass is 10.0. The third-order valence-electron chi connectivity index (χ3n) is 2.77. The van der Waals surface area contributed by atoms with Gasteiger partial charge in [0.25, 0.3) is 0 Å². The van der Waals surface area contributed by atoms with Gasteiger partial charge in [0.1, 0.15) is 6.33 Å². The van der Waals surface area contributed by atoms with Crippen LogP contribution in [0, 0.1) is 5.92 Å². The molecule has 0 amide bonds. The van der Waals surface area contributed by atoms with Crippen LogP contribution < -0.4 is 0 Å². The summed E-state index contributed by atoms with van der Waals surface area (Å²) in [5.74, 6) is -0.303. The number of thioether (sulfide) groups is 1. The third-order valence-corrected chi connectivity index (χ3v) is 3.71. The van der Waals surface area contributed by atoms with Gasteiger partial charge >= 0.3 is 5.97 Å². The van der Waals surface area contributed by atoms with E-state index in [0.717, 1.165) is 6.42 Å². The molecule has 16 heavy (non-hydrogen) atoms. The highest BCUT2D eigenvalue weighted by Crippen LogP contribution is 2.25. The zero-order chi connectivity index (χ0) is 12.1. The minimum Gasteiger partial charge on any atom is -0.481 e.